The number of fused-ring (bicyclic) bond motifs is 1. The first-order valence-electron chi connectivity index (χ1n) is 17.7. The van der Waals surface area contributed by atoms with Crippen LogP contribution in [-0.4, -0.2) is 67.0 Å². The lowest BCUT2D eigenvalue weighted by Crippen LogP contribution is -2.47. The van der Waals surface area contributed by atoms with Crippen LogP contribution in [0.2, 0.25) is 0 Å². The zero-order valence-electron chi connectivity index (χ0n) is 28.2. The summed E-state index contributed by atoms with van der Waals surface area (Å²) in [6, 6.07) is 8.54. The van der Waals surface area contributed by atoms with Gasteiger partial charge < -0.3 is 9.80 Å². The Hall–Kier alpha value is -2.56. The van der Waals surface area contributed by atoms with Gasteiger partial charge in [-0.2, -0.15) is 0 Å². The first kappa shape index (κ1) is 35.3. The fraction of sp³-hybridized carbons (Fsp3) is 0.564. The lowest BCUT2D eigenvalue weighted by Gasteiger charge is -2.37. The van der Waals surface area contributed by atoms with Crippen molar-refractivity contribution in [2.24, 2.45) is 5.92 Å². The van der Waals surface area contributed by atoms with Gasteiger partial charge in [0, 0.05) is 31.9 Å². The number of hydrogen-bond donors (Lipinski definition) is 2. The van der Waals surface area contributed by atoms with Crippen LogP contribution in [0.3, 0.4) is 0 Å². The second-order valence-corrected chi connectivity index (χ2v) is 13.0. The molecule has 2 fully saturated rings. The van der Waals surface area contributed by atoms with Crippen LogP contribution in [0.25, 0.3) is 0 Å². The van der Waals surface area contributed by atoms with Gasteiger partial charge in [-0.1, -0.05) is 82.4 Å². The van der Waals surface area contributed by atoms with Crippen molar-refractivity contribution in [2.75, 3.05) is 50.7 Å². The summed E-state index contributed by atoms with van der Waals surface area (Å²) in [4.78, 5) is 20.9. The number of benzene rings is 1. The van der Waals surface area contributed by atoms with Gasteiger partial charge in [0.05, 0.1) is 5.92 Å². The maximum atomic E-state index is 13.8. The lowest BCUT2D eigenvalue weighted by atomic mass is 9.81. The molecule has 0 saturated carbocycles. The molecule has 1 aromatic carbocycles. The van der Waals surface area contributed by atoms with Crippen LogP contribution in [0, 0.1) is 5.92 Å². The number of anilines is 1. The summed E-state index contributed by atoms with van der Waals surface area (Å²) < 4.78 is 0. The van der Waals surface area contributed by atoms with Crippen molar-refractivity contribution >= 4 is 24.2 Å². The minimum Gasteiger partial charge on any atom is -0.312 e. The molecular weight excluding hydrogens is 573 g/mol. The molecule has 2 atom stereocenters. The van der Waals surface area contributed by atoms with Gasteiger partial charge in [-0.15, -0.1) is 12.6 Å². The summed E-state index contributed by atoms with van der Waals surface area (Å²) in [7, 11) is 0. The zero-order valence-corrected chi connectivity index (χ0v) is 29.1. The average Bonchev–Trinajstić information content (AvgIpc) is 3.68. The number of carbonyl (C=O) groups is 1. The van der Waals surface area contributed by atoms with E-state index in [0.29, 0.717) is 11.8 Å². The molecule has 6 heteroatoms. The Morgan fingerprint density at radius 1 is 1.00 bits per heavy atom. The molecule has 1 aromatic rings. The van der Waals surface area contributed by atoms with Gasteiger partial charge in [-0.25, -0.2) is 0 Å². The number of nitrogens with zero attached hydrogens (tertiary/aromatic N) is 3. The van der Waals surface area contributed by atoms with E-state index in [1.807, 2.05) is 26.0 Å². The van der Waals surface area contributed by atoms with Crippen molar-refractivity contribution in [3.05, 3.63) is 88.4 Å². The molecule has 1 N–H and O–H groups in total. The van der Waals surface area contributed by atoms with Crippen LogP contribution >= 0.6 is 12.6 Å². The maximum absolute atomic E-state index is 13.8. The number of piperidine rings is 2. The smallest absolute Gasteiger partial charge is 0.234 e. The Balaban J connectivity index is 0.000000871. The molecule has 0 radical (unpaired) electrons. The highest BCUT2D eigenvalue weighted by atomic mass is 32.1. The second kappa shape index (κ2) is 18.6. The predicted molar refractivity (Wildman–Crippen MR) is 194 cm³/mol. The molecule has 45 heavy (non-hydrogen) atoms. The quantitative estimate of drug-likeness (QED) is 0.156. The summed E-state index contributed by atoms with van der Waals surface area (Å²) in [6.07, 6.45) is 19.8. The molecule has 5 nitrogen and oxygen atoms in total. The minimum absolute atomic E-state index is 0.00291. The van der Waals surface area contributed by atoms with Crippen molar-refractivity contribution in [1.29, 1.82) is 0 Å². The Bertz CT molecular complexity index is 1300. The van der Waals surface area contributed by atoms with Crippen molar-refractivity contribution in [1.82, 2.24) is 15.1 Å². The number of allylic oxidation sites excluding steroid dienone is 7. The number of amides is 1. The number of carbonyl (C=O) groups excluding carboxylic acids is 1. The topological polar surface area (TPSA) is 38.8 Å². The molecule has 2 saturated heterocycles. The predicted octanol–water partition coefficient (Wildman–Crippen LogP) is 8.01. The third kappa shape index (κ3) is 9.26. The Labute approximate surface area is 278 Å². The fourth-order valence-electron chi connectivity index (χ4n) is 7.11. The average molecular weight is 629 g/mol. The third-order valence-electron chi connectivity index (χ3n) is 9.29. The van der Waals surface area contributed by atoms with E-state index >= 15 is 0 Å². The molecule has 3 heterocycles. The standard InChI is InChI=1S/C34H42N4OS.C3H8.C2H6/c39-33-32(30-14-5-6-16-31(30)38(33)22-10-21-36-19-7-2-8-20-36)27-17-23-37(24-18-27)34(40)35-25-28-13-9-15-29(28)26-11-3-1-4-12-26;1-3-2;1-2/h3,5-6,9,11-12,14-16,27,32,34-35,40H,2,7-8,10,13,17-25H2;3H2,1-2H3;1-2H3. The molecule has 3 aliphatic heterocycles. The van der Waals surface area contributed by atoms with Crippen LogP contribution in [0.4, 0.5) is 5.69 Å². The van der Waals surface area contributed by atoms with Crippen molar-refractivity contribution in [3.8, 4) is 0 Å². The van der Waals surface area contributed by atoms with Gasteiger partial charge in [-0.05, 0) is 111 Å². The lowest BCUT2D eigenvalue weighted by molar-refractivity contribution is -0.120. The van der Waals surface area contributed by atoms with E-state index in [4.69, 9.17) is 12.6 Å². The van der Waals surface area contributed by atoms with E-state index in [0.717, 1.165) is 64.1 Å². The minimum atomic E-state index is -0.00291. The Morgan fingerprint density at radius 2 is 1.73 bits per heavy atom. The largest absolute Gasteiger partial charge is 0.312 e. The first-order valence-corrected chi connectivity index (χ1v) is 18.2. The van der Waals surface area contributed by atoms with E-state index in [1.54, 1.807) is 0 Å². The maximum Gasteiger partial charge on any atom is 0.234 e. The number of likely N-dealkylation sites (tertiary alicyclic amines) is 2. The van der Waals surface area contributed by atoms with Gasteiger partial charge in [-0.3, -0.25) is 15.0 Å². The highest BCUT2D eigenvalue weighted by molar-refractivity contribution is 7.80. The van der Waals surface area contributed by atoms with Gasteiger partial charge in [0.1, 0.15) is 5.50 Å². The number of nitrogens with one attached hydrogen (secondary N) is 1. The van der Waals surface area contributed by atoms with Crippen molar-refractivity contribution < 1.29 is 4.79 Å². The second-order valence-electron chi connectivity index (χ2n) is 12.5. The van der Waals surface area contributed by atoms with Gasteiger partial charge >= 0.3 is 0 Å². The van der Waals surface area contributed by atoms with E-state index in [-0.39, 0.29) is 11.4 Å². The highest BCUT2D eigenvalue weighted by Gasteiger charge is 2.42. The highest BCUT2D eigenvalue weighted by Crippen LogP contribution is 2.44. The number of hydrogen-bond acceptors (Lipinski definition) is 5. The van der Waals surface area contributed by atoms with Crippen LogP contribution in [0.1, 0.15) is 90.5 Å². The molecular formula is C39H56N4OS. The molecule has 244 valence electrons. The number of thiol groups is 1. The molecule has 5 aliphatic rings. The van der Waals surface area contributed by atoms with Gasteiger partial charge in [0.15, 0.2) is 0 Å². The fourth-order valence-corrected chi connectivity index (χ4v) is 7.43. The zero-order chi connectivity index (χ0) is 32.0. The molecule has 1 amide bonds. The van der Waals surface area contributed by atoms with Crippen LogP contribution in [0.5, 0.6) is 0 Å². The SMILES string of the molecule is CC.CCC.O=C1C(C2CCN(C(S)NCC3=C(C4=CC=C=C=C4)C=CC3)CC2)c2ccccc2N1CCCN1CCCCC1. The summed E-state index contributed by atoms with van der Waals surface area (Å²) in [5.74, 6) is 0.705. The van der Waals surface area contributed by atoms with Crippen LogP contribution in [-0.2, 0) is 4.79 Å². The summed E-state index contributed by atoms with van der Waals surface area (Å²) >= 11 is 4.94. The third-order valence-corrected chi connectivity index (χ3v) is 9.80. The number of rotatable bonds is 10. The van der Waals surface area contributed by atoms with E-state index in [1.165, 1.54) is 61.1 Å². The summed E-state index contributed by atoms with van der Waals surface area (Å²) in [5.41, 5.74) is 12.3. The molecule has 2 unspecified atom stereocenters. The normalized spacial score (nSPS) is 22.2. The van der Waals surface area contributed by atoms with Gasteiger partial charge in [0.2, 0.25) is 5.91 Å². The van der Waals surface area contributed by atoms with E-state index in [9.17, 15) is 4.79 Å². The molecule has 6 rings (SSSR count). The van der Waals surface area contributed by atoms with Crippen LogP contribution in [0.15, 0.2) is 82.8 Å². The molecule has 2 aliphatic carbocycles. The Kier molecular flexibility index (Phi) is 14.6. The molecule has 0 spiro atoms. The van der Waals surface area contributed by atoms with Crippen LogP contribution < -0.4 is 10.2 Å². The molecule has 0 bridgehead atoms. The monoisotopic (exact) mass is 628 g/mol. The number of para-hydroxylation sites is 1. The van der Waals surface area contributed by atoms with Crippen molar-refractivity contribution in [2.45, 2.75) is 90.5 Å². The van der Waals surface area contributed by atoms with Gasteiger partial charge in [0.25, 0.3) is 0 Å². The Morgan fingerprint density at radius 3 is 2.44 bits per heavy atom. The first-order chi connectivity index (χ1) is 22.1. The van der Waals surface area contributed by atoms with E-state index < -0.39 is 0 Å². The van der Waals surface area contributed by atoms with E-state index in [2.05, 4.69) is 87.8 Å². The summed E-state index contributed by atoms with van der Waals surface area (Å²) in [5, 5.41) is 3.66. The molecule has 0 aromatic heterocycles. The van der Waals surface area contributed by atoms with Crippen molar-refractivity contribution in [3.63, 3.8) is 0 Å². The summed E-state index contributed by atoms with van der Waals surface area (Å²) in [6.45, 7) is 15.3.